The van der Waals surface area contributed by atoms with Crippen LogP contribution in [-0.2, 0) is 9.53 Å². The second-order valence-corrected chi connectivity index (χ2v) is 9.25. The third kappa shape index (κ3) is 3.72. The molecule has 0 aromatic heterocycles. The number of benzene rings is 1. The molecule has 4 saturated carbocycles. The lowest BCUT2D eigenvalue weighted by atomic mass is 9.53. The van der Waals surface area contributed by atoms with Gasteiger partial charge in [-0.15, -0.1) is 0 Å². The molecule has 0 unspecified atom stereocenters. The number of carbonyl (C=O) groups excluding carboxylic acids is 1. The molecule has 5 nitrogen and oxygen atoms in total. The largest absolute Gasteiger partial charge is 0.378 e. The minimum absolute atomic E-state index is 0.0740. The van der Waals surface area contributed by atoms with E-state index in [1.165, 1.54) is 44.2 Å². The fraction of sp³-hybridized carbons (Fsp3) is 0.682. The number of anilines is 2. The van der Waals surface area contributed by atoms with E-state index in [2.05, 4.69) is 27.7 Å². The van der Waals surface area contributed by atoms with Crippen molar-refractivity contribution < 1.29 is 9.53 Å². The highest BCUT2D eigenvalue weighted by atomic mass is 16.5. The lowest BCUT2D eigenvalue weighted by molar-refractivity contribution is -0.116. The lowest BCUT2D eigenvalue weighted by Crippen LogP contribution is -2.59. The summed E-state index contributed by atoms with van der Waals surface area (Å²) in [5, 5.41) is 6.74. The van der Waals surface area contributed by atoms with Gasteiger partial charge in [-0.25, -0.2) is 0 Å². The van der Waals surface area contributed by atoms with Gasteiger partial charge in [-0.2, -0.15) is 0 Å². The summed E-state index contributed by atoms with van der Waals surface area (Å²) < 4.78 is 5.41. The third-order valence-electron chi connectivity index (χ3n) is 7.19. The Bertz CT molecular complexity index is 646. The zero-order chi connectivity index (χ0) is 18.3. The van der Waals surface area contributed by atoms with Gasteiger partial charge < -0.3 is 20.3 Å². The standard InChI is InChI=1S/C22H31N3O2/c26-21(15-23-22-12-16-9-17(13-22)11-18(10-16)14-22)24-19-1-3-20(4-2-19)25-5-7-27-8-6-25/h1-4,16-18,23H,5-15H2,(H,24,26). The fourth-order valence-electron chi connectivity index (χ4n) is 6.38. The van der Waals surface area contributed by atoms with Gasteiger partial charge in [-0.1, -0.05) is 0 Å². The Hall–Kier alpha value is -1.59. The van der Waals surface area contributed by atoms with Crippen molar-refractivity contribution in [1.82, 2.24) is 5.32 Å². The van der Waals surface area contributed by atoms with Gasteiger partial charge >= 0.3 is 0 Å². The number of nitrogens with zero attached hydrogens (tertiary/aromatic N) is 1. The topological polar surface area (TPSA) is 53.6 Å². The summed E-state index contributed by atoms with van der Waals surface area (Å²) in [6.45, 7) is 3.86. The number of carbonyl (C=O) groups is 1. The molecule has 0 atom stereocenters. The molecule has 0 spiro atoms. The number of hydrogen-bond acceptors (Lipinski definition) is 4. The van der Waals surface area contributed by atoms with Crippen molar-refractivity contribution in [3.05, 3.63) is 24.3 Å². The van der Waals surface area contributed by atoms with E-state index >= 15 is 0 Å². The number of ether oxygens (including phenoxy) is 1. The first-order valence-electron chi connectivity index (χ1n) is 10.7. The Labute approximate surface area is 161 Å². The quantitative estimate of drug-likeness (QED) is 0.838. The summed E-state index contributed by atoms with van der Waals surface area (Å²) in [6, 6.07) is 8.20. The van der Waals surface area contributed by atoms with E-state index in [4.69, 9.17) is 4.74 Å². The van der Waals surface area contributed by atoms with Crippen LogP contribution in [-0.4, -0.2) is 44.3 Å². The van der Waals surface area contributed by atoms with Crippen LogP contribution in [0.1, 0.15) is 38.5 Å². The van der Waals surface area contributed by atoms with Gasteiger partial charge in [0.1, 0.15) is 0 Å². The fourth-order valence-corrected chi connectivity index (χ4v) is 6.38. The Morgan fingerprint density at radius 2 is 1.59 bits per heavy atom. The summed E-state index contributed by atoms with van der Waals surface area (Å²) in [4.78, 5) is 14.8. The van der Waals surface area contributed by atoms with Gasteiger partial charge in [0.05, 0.1) is 19.8 Å². The number of nitrogens with one attached hydrogen (secondary N) is 2. The number of rotatable bonds is 5. The van der Waals surface area contributed by atoms with Crippen molar-refractivity contribution >= 4 is 17.3 Å². The molecule has 4 aliphatic carbocycles. The van der Waals surface area contributed by atoms with Crippen LogP contribution >= 0.6 is 0 Å². The number of amides is 1. The van der Waals surface area contributed by atoms with Crippen LogP contribution in [0.25, 0.3) is 0 Å². The molecule has 5 heteroatoms. The maximum atomic E-state index is 12.5. The zero-order valence-electron chi connectivity index (χ0n) is 16.1. The van der Waals surface area contributed by atoms with E-state index in [0.717, 1.165) is 49.7 Å². The van der Waals surface area contributed by atoms with Crippen LogP contribution in [0.15, 0.2) is 24.3 Å². The summed E-state index contributed by atoms with van der Waals surface area (Å²) in [7, 11) is 0. The van der Waals surface area contributed by atoms with Crippen LogP contribution in [0.3, 0.4) is 0 Å². The molecule has 1 saturated heterocycles. The normalized spacial score (nSPS) is 34.7. The van der Waals surface area contributed by atoms with Gasteiger partial charge in [0.15, 0.2) is 0 Å². The molecule has 1 aromatic rings. The monoisotopic (exact) mass is 369 g/mol. The maximum Gasteiger partial charge on any atom is 0.238 e. The molecule has 5 fully saturated rings. The van der Waals surface area contributed by atoms with Crippen molar-refractivity contribution in [2.24, 2.45) is 17.8 Å². The van der Waals surface area contributed by atoms with Crippen molar-refractivity contribution in [1.29, 1.82) is 0 Å². The molecule has 27 heavy (non-hydrogen) atoms. The first-order chi connectivity index (χ1) is 13.2. The van der Waals surface area contributed by atoms with E-state index in [1.54, 1.807) is 0 Å². The van der Waals surface area contributed by atoms with Gasteiger partial charge in [-0.3, -0.25) is 4.79 Å². The number of morpholine rings is 1. The highest BCUT2D eigenvalue weighted by Crippen LogP contribution is 2.55. The Morgan fingerprint density at radius 1 is 1.00 bits per heavy atom. The third-order valence-corrected chi connectivity index (χ3v) is 7.19. The average Bonchev–Trinajstić information content (AvgIpc) is 2.67. The van der Waals surface area contributed by atoms with Gasteiger partial charge in [0.25, 0.3) is 0 Å². The van der Waals surface area contributed by atoms with Crippen molar-refractivity contribution in [2.75, 3.05) is 43.1 Å². The second kappa shape index (κ2) is 7.10. The predicted molar refractivity (Wildman–Crippen MR) is 107 cm³/mol. The average molecular weight is 370 g/mol. The van der Waals surface area contributed by atoms with Crippen molar-refractivity contribution in [3.63, 3.8) is 0 Å². The maximum absolute atomic E-state index is 12.5. The van der Waals surface area contributed by atoms with Crippen LogP contribution < -0.4 is 15.5 Å². The molecule has 2 N–H and O–H groups in total. The Kier molecular flexibility index (Phi) is 4.60. The molecule has 1 aromatic carbocycles. The molecule has 0 radical (unpaired) electrons. The lowest BCUT2D eigenvalue weighted by Gasteiger charge is -2.57. The van der Waals surface area contributed by atoms with E-state index < -0.39 is 0 Å². The summed E-state index contributed by atoms with van der Waals surface area (Å²) in [6.07, 6.45) is 8.13. The van der Waals surface area contributed by atoms with E-state index in [-0.39, 0.29) is 11.4 Å². The minimum atomic E-state index is 0.0740. The molecule has 1 aliphatic heterocycles. The Morgan fingerprint density at radius 3 is 2.19 bits per heavy atom. The highest BCUT2D eigenvalue weighted by Gasteiger charge is 2.50. The molecule has 1 heterocycles. The minimum Gasteiger partial charge on any atom is -0.378 e. The molecule has 4 bridgehead atoms. The first-order valence-corrected chi connectivity index (χ1v) is 10.7. The smallest absolute Gasteiger partial charge is 0.238 e. The molecule has 1 amide bonds. The summed E-state index contributed by atoms with van der Waals surface area (Å²) in [5.74, 6) is 2.78. The molecular weight excluding hydrogens is 338 g/mol. The second-order valence-electron chi connectivity index (χ2n) is 9.25. The van der Waals surface area contributed by atoms with Crippen molar-refractivity contribution in [3.8, 4) is 0 Å². The van der Waals surface area contributed by atoms with Crippen LogP contribution in [0.5, 0.6) is 0 Å². The van der Waals surface area contributed by atoms with Crippen LogP contribution in [0, 0.1) is 17.8 Å². The van der Waals surface area contributed by atoms with Crippen LogP contribution in [0.4, 0.5) is 11.4 Å². The van der Waals surface area contributed by atoms with Crippen molar-refractivity contribution in [2.45, 2.75) is 44.1 Å². The van der Waals surface area contributed by atoms with Crippen LogP contribution in [0.2, 0.25) is 0 Å². The van der Waals surface area contributed by atoms with E-state index in [1.807, 2.05) is 12.1 Å². The number of hydrogen-bond donors (Lipinski definition) is 2. The summed E-state index contributed by atoms with van der Waals surface area (Å²) in [5.41, 5.74) is 2.32. The van der Waals surface area contributed by atoms with Gasteiger partial charge in [0, 0.05) is 30.0 Å². The SMILES string of the molecule is O=C(CNC12CC3CC(CC(C3)C1)C2)Nc1ccc(N2CCOCC2)cc1. The molecule has 6 rings (SSSR count). The van der Waals surface area contributed by atoms with Gasteiger partial charge in [0.2, 0.25) is 5.91 Å². The molecular formula is C22H31N3O2. The zero-order valence-corrected chi connectivity index (χ0v) is 16.1. The Balaban J connectivity index is 1.14. The van der Waals surface area contributed by atoms with E-state index in [0.29, 0.717) is 6.54 Å². The first kappa shape index (κ1) is 17.5. The van der Waals surface area contributed by atoms with Gasteiger partial charge in [-0.05, 0) is 80.5 Å². The van der Waals surface area contributed by atoms with E-state index in [9.17, 15) is 4.79 Å². The predicted octanol–water partition coefficient (Wildman–Crippen LogP) is 3.02. The highest BCUT2D eigenvalue weighted by molar-refractivity contribution is 5.92. The molecule has 146 valence electrons. The molecule has 5 aliphatic rings. The summed E-state index contributed by atoms with van der Waals surface area (Å²) >= 11 is 0.